The number of carbonyl (C=O) groups is 1. The molecule has 1 aromatic rings. The number of aryl methyl sites for hydroxylation is 1. The third kappa shape index (κ3) is 4.78. The van der Waals surface area contributed by atoms with E-state index in [0.717, 1.165) is 50.8 Å². The van der Waals surface area contributed by atoms with Gasteiger partial charge in [-0.05, 0) is 51.9 Å². The van der Waals surface area contributed by atoms with E-state index in [2.05, 4.69) is 9.97 Å². The van der Waals surface area contributed by atoms with Crippen molar-refractivity contribution in [2.75, 3.05) is 18.8 Å². The lowest BCUT2D eigenvalue weighted by Gasteiger charge is -2.22. The summed E-state index contributed by atoms with van der Waals surface area (Å²) in [7, 11) is 0. The fourth-order valence-corrected chi connectivity index (χ4v) is 3.44. The smallest absolute Gasteiger partial charge is 0.239 e. The van der Waals surface area contributed by atoms with Crippen LogP contribution in [0.5, 0.6) is 0 Å². The van der Waals surface area contributed by atoms with E-state index in [0.29, 0.717) is 22.7 Å². The van der Waals surface area contributed by atoms with E-state index in [4.69, 9.17) is 23.1 Å². The summed E-state index contributed by atoms with van der Waals surface area (Å²) in [6.45, 7) is 5.10. The van der Waals surface area contributed by atoms with Crippen LogP contribution < -0.4 is 11.5 Å². The number of anilines is 1. The quantitative estimate of drug-likeness (QED) is 0.817. The summed E-state index contributed by atoms with van der Waals surface area (Å²) in [6, 6.07) is -0.421. The summed E-state index contributed by atoms with van der Waals surface area (Å²) in [4.78, 5) is 22.3. The minimum atomic E-state index is -0.421. The molecule has 0 spiro atoms. The average Bonchev–Trinajstić information content (AvgIpc) is 2.70. The molecule has 2 rings (SSSR count). The maximum absolute atomic E-state index is 12.0. The van der Waals surface area contributed by atoms with Crippen molar-refractivity contribution in [3.63, 3.8) is 0 Å². The summed E-state index contributed by atoms with van der Waals surface area (Å²) in [5.41, 5.74) is 12.5. The molecular formula is C16H26ClN5O. The summed E-state index contributed by atoms with van der Waals surface area (Å²) < 4.78 is 0. The number of nitrogens with zero attached hydrogens (tertiary/aromatic N) is 3. The Morgan fingerprint density at radius 2 is 2.13 bits per heavy atom. The van der Waals surface area contributed by atoms with Crippen molar-refractivity contribution in [1.82, 2.24) is 14.9 Å². The highest BCUT2D eigenvalue weighted by Crippen LogP contribution is 2.26. The standard InChI is InChI=1S/C16H26ClN5O/c1-10(18)16(23)22-8-3-4-12(7-9-22)5-6-13-14(17)20-11(2)21-15(13)19/h10,12H,3-9,18H2,1-2H3,(H2,19,20,21)/t10-,12-/m0/s1. The SMILES string of the molecule is Cc1nc(N)c(CC[C@@H]2CCCN(C(=O)[C@H](C)N)CC2)c(Cl)n1. The number of likely N-dealkylation sites (tertiary alicyclic amines) is 1. The first kappa shape index (κ1) is 17.9. The minimum absolute atomic E-state index is 0.0462. The zero-order valence-corrected chi connectivity index (χ0v) is 14.6. The van der Waals surface area contributed by atoms with Gasteiger partial charge in [-0.25, -0.2) is 9.97 Å². The van der Waals surface area contributed by atoms with Gasteiger partial charge < -0.3 is 16.4 Å². The molecule has 2 atom stereocenters. The first-order valence-corrected chi connectivity index (χ1v) is 8.59. The van der Waals surface area contributed by atoms with Crippen LogP contribution in [0, 0.1) is 12.8 Å². The Labute approximate surface area is 142 Å². The predicted octanol–water partition coefficient (Wildman–Crippen LogP) is 1.93. The van der Waals surface area contributed by atoms with Crippen LogP contribution in [0.25, 0.3) is 0 Å². The third-order valence-corrected chi connectivity index (χ3v) is 4.76. The van der Waals surface area contributed by atoms with Crippen molar-refractivity contribution in [1.29, 1.82) is 0 Å². The fourth-order valence-electron chi connectivity index (χ4n) is 3.12. The molecule has 128 valence electrons. The molecule has 1 saturated heterocycles. The number of amides is 1. The van der Waals surface area contributed by atoms with Crippen LogP contribution in [-0.2, 0) is 11.2 Å². The van der Waals surface area contributed by atoms with Crippen LogP contribution in [0.3, 0.4) is 0 Å². The number of hydrogen-bond acceptors (Lipinski definition) is 5. The van der Waals surface area contributed by atoms with E-state index >= 15 is 0 Å². The monoisotopic (exact) mass is 339 g/mol. The Morgan fingerprint density at radius 3 is 2.78 bits per heavy atom. The molecule has 6 nitrogen and oxygen atoms in total. The van der Waals surface area contributed by atoms with Gasteiger partial charge in [-0.2, -0.15) is 0 Å². The lowest BCUT2D eigenvalue weighted by molar-refractivity contribution is -0.132. The molecule has 0 radical (unpaired) electrons. The number of halogens is 1. The van der Waals surface area contributed by atoms with E-state index in [1.54, 1.807) is 13.8 Å². The molecular weight excluding hydrogens is 314 g/mol. The van der Waals surface area contributed by atoms with Gasteiger partial charge in [0.2, 0.25) is 5.91 Å². The molecule has 23 heavy (non-hydrogen) atoms. The Morgan fingerprint density at radius 1 is 1.39 bits per heavy atom. The number of hydrogen-bond donors (Lipinski definition) is 2. The molecule has 4 N–H and O–H groups in total. The first-order chi connectivity index (χ1) is 10.9. The maximum atomic E-state index is 12.0. The van der Waals surface area contributed by atoms with Crippen LogP contribution in [0.2, 0.25) is 5.15 Å². The molecule has 1 aliphatic rings. The molecule has 2 heterocycles. The summed E-state index contributed by atoms with van der Waals surface area (Å²) in [6.07, 6.45) is 4.86. The molecule has 0 unspecified atom stereocenters. The third-order valence-electron chi connectivity index (χ3n) is 4.45. The van der Waals surface area contributed by atoms with E-state index in [1.165, 1.54) is 0 Å². The Bertz CT molecular complexity index is 540. The molecule has 0 bridgehead atoms. The lowest BCUT2D eigenvalue weighted by atomic mass is 9.93. The van der Waals surface area contributed by atoms with Crippen LogP contribution in [0.4, 0.5) is 5.82 Å². The molecule has 1 fully saturated rings. The number of carbonyl (C=O) groups excluding carboxylic acids is 1. The van der Waals surface area contributed by atoms with Crippen molar-refractivity contribution in [2.45, 2.75) is 52.0 Å². The molecule has 0 aromatic carbocycles. The van der Waals surface area contributed by atoms with Gasteiger partial charge in [0, 0.05) is 18.7 Å². The number of aromatic nitrogens is 2. The van der Waals surface area contributed by atoms with Gasteiger partial charge in [0.1, 0.15) is 16.8 Å². The number of nitrogen functional groups attached to an aromatic ring is 1. The second-order valence-corrected chi connectivity index (χ2v) is 6.73. The highest BCUT2D eigenvalue weighted by atomic mass is 35.5. The van der Waals surface area contributed by atoms with E-state index < -0.39 is 6.04 Å². The van der Waals surface area contributed by atoms with Crippen molar-refractivity contribution in [3.05, 3.63) is 16.5 Å². The van der Waals surface area contributed by atoms with Gasteiger partial charge in [-0.1, -0.05) is 11.6 Å². The zero-order chi connectivity index (χ0) is 17.0. The van der Waals surface area contributed by atoms with Crippen molar-refractivity contribution >= 4 is 23.3 Å². The van der Waals surface area contributed by atoms with Gasteiger partial charge in [-0.15, -0.1) is 0 Å². The first-order valence-electron chi connectivity index (χ1n) is 8.21. The maximum Gasteiger partial charge on any atom is 0.239 e. The second-order valence-electron chi connectivity index (χ2n) is 6.37. The highest BCUT2D eigenvalue weighted by molar-refractivity contribution is 6.30. The zero-order valence-electron chi connectivity index (χ0n) is 13.9. The van der Waals surface area contributed by atoms with Crippen LogP contribution in [0.1, 0.15) is 44.0 Å². The van der Waals surface area contributed by atoms with Gasteiger partial charge in [0.05, 0.1) is 6.04 Å². The van der Waals surface area contributed by atoms with Gasteiger partial charge >= 0.3 is 0 Å². The fraction of sp³-hybridized carbons (Fsp3) is 0.688. The van der Waals surface area contributed by atoms with Gasteiger partial charge in [0.15, 0.2) is 0 Å². The summed E-state index contributed by atoms with van der Waals surface area (Å²) in [5, 5.41) is 0.456. The van der Waals surface area contributed by atoms with Gasteiger partial charge in [0.25, 0.3) is 0 Å². The van der Waals surface area contributed by atoms with Crippen LogP contribution >= 0.6 is 11.6 Å². The lowest BCUT2D eigenvalue weighted by Crippen LogP contribution is -2.42. The minimum Gasteiger partial charge on any atom is -0.383 e. The Hall–Kier alpha value is -1.40. The van der Waals surface area contributed by atoms with Crippen LogP contribution in [0.15, 0.2) is 0 Å². The summed E-state index contributed by atoms with van der Waals surface area (Å²) in [5.74, 6) is 1.67. The molecule has 0 aliphatic carbocycles. The van der Waals surface area contributed by atoms with Crippen molar-refractivity contribution in [3.8, 4) is 0 Å². The van der Waals surface area contributed by atoms with Gasteiger partial charge in [-0.3, -0.25) is 4.79 Å². The number of rotatable bonds is 4. The average molecular weight is 340 g/mol. The molecule has 7 heteroatoms. The Kier molecular flexibility index (Phi) is 6.18. The molecule has 1 aromatic heterocycles. The number of nitrogens with two attached hydrogens (primary N) is 2. The topological polar surface area (TPSA) is 98.1 Å². The van der Waals surface area contributed by atoms with E-state index in [9.17, 15) is 4.79 Å². The Balaban J connectivity index is 1.91. The summed E-state index contributed by atoms with van der Waals surface area (Å²) >= 11 is 6.19. The van der Waals surface area contributed by atoms with E-state index in [-0.39, 0.29) is 5.91 Å². The highest BCUT2D eigenvalue weighted by Gasteiger charge is 2.23. The van der Waals surface area contributed by atoms with Crippen molar-refractivity contribution in [2.24, 2.45) is 11.7 Å². The largest absolute Gasteiger partial charge is 0.383 e. The molecule has 1 aliphatic heterocycles. The molecule has 1 amide bonds. The van der Waals surface area contributed by atoms with E-state index in [1.807, 2.05) is 4.90 Å². The van der Waals surface area contributed by atoms with Crippen molar-refractivity contribution < 1.29 is 4.79 Å². The normalized spacial score (nSPS) is 20.2. The molecule has 0 saturated carbocycles. The predicted molar refractivity (Wildman–Crippen MR) is 92.1 cm³/mol. The second kappa shape index (κ2) is 7.93. The van der Waals surface area contributed by atoms with Crippen LogP contribution in [-0.4, -0.2) is 39.9 Å².